The number of amides is 3. The van der Waals surface area contributed by atoms with Crippen LogP contribution in [0.2, 0.25) is 0 Å². The molecular weight excluding hydrogens is 346 g/mol. The van der Waals surface area contributed by atoms with Crippen LogP contribution in [0, 0.1) is 12.8 Å². The Balaban J connectivity index is 1.65. The van der Waals surface area contributed by atoms with Crippen LogP contribution in [0.3, 0.4) is 0 Å². The topological polar surface area (TPSA) is 107 Å². The Bertz CT molecular complexity index is 847. The van der Waals surface area contributed by atoms with Crippen molar-refractivity contribution in [1.29, 1.82) is 0 Å². The number of imidazole rings is 1. The van der Waals surface area contributed by atoms with Crippen molar-refractivity contribution >= 4 is 23.4 Å². The predicted molar refractivity (Wildman–Crippen MR) is 99.9 cm³/mol. The van der Waals surface area contributed by atoms with Crippen LogP contribution in [0.5, 0.6) is 0 Å². The molecule has 0 bridgehead atoms. The lowest BCUT2D eigenvalue weighted by atomic mass is 9.96. The lowest BCUT2D eigenvalue weighted by molar-refractivity contribution is -0.135. The van der Waals surface area contributed by atoms with Gasteiger partial charge >= 0.3 is 0 Å². The molecule has 1 aliphatic rings. The molecule has 1 fully saturated rings. The van der Waals surface area contributed by atoms with E-state index in [1.54, 1.807) is 42.5 Å². The van der Waals surface area contributed by atoms with Crippen molar-refractivity contribution in [3.8, 4) is 0 Å². The number of likely N-dealkylation sites (tertiary alicyclic amines) is 1. The summed E-state index contributed by atoms with van der Waals surface area (Å²) in [5.41, 5.74) is 1.93. The molecule has 0 saturated carbocycles. The summed E-state index contributed by atoms with van der Waals surface area (Å²) in [6.07, 6.45) is 4.23. The first-order valence-corrected chi connectivity index (χ1v) is 8.86. The van der Waals surface area contributed by atoms with Gasteiger partial charge in [0.25, 0.3) is 5.91 Å². The molecule has 8 nitrogen and oxygen atoms in total. The van der Waals surface area contributed by atoms with Crippen molar-refractivity contribution in [1.82, 2.24) is 20.2 Å². The summed E-state index contributed by atoms with van der Waals surface area (Å²) in [7, 11) is 1.71. The summed E-state index contributed by atoms with van der Waals surface area (Å²) in [6, 6.07) is 5.19. The van der Waals surface area contributed by atoms with Crippen LogP contribution in [-0.4, -0.2) is 46.2 Å². The molecule has 0 aliphatic carbocycles. The SMILES string of the molecule is Cc1ccc(C(=O)NCc2ncc[nH]2)cc1NC(=O)C1CCC(=O)N(C)C1. The number of H-pyrrole nitrogens is 1. The average Bonchev–Trinajstić information content (AvgIpc) is 3.17. The number of aromatic amines is 1. The van der Waals surface area contributed by atoms with Crippen LogP contribution in [0.25, 0.3) is 0 Å². The van der Waals surface area contributed by atoms with E-state index >= 15 is 0 Å². The standard InChI is InChI=1S/C19H23N5O3/c1-12-3-4-13(18(26)22-10-16-20-7-8-21-16)9-15(12)23-19(27)14-5-6-17(25)24(2)11-14/h3-4,7-9,14H,5-6,10-11H2,1-2H3,(H,20,21)(H,22,26)(H,23,27). The minimum absolute atomic E-state index is 0.0606. The predicted octanol–water partition coefficient (Wildman–Crippen LogP) is 1.46. The minimum Gasteiger partial charge on any atom is -0.347 e. The third-order valence-electron chi connectivity index (χ3n) is 4.73. The summed E-state index contributed by atoms with van der Waals surface area (Å²) in [5, 5.41) is 5.69. The zero-order chi connectivity index (χ0) is 19.4. The third-order valence-corrected chi connectivity index (χ3v) is 4.73. The van der Waals surface area contributed by atoms with Crippen LogP contribution in [-0.2, 0) is 16.1 Å². The molecule has 1 unspecified atom stereocenters. The number of benzene rings is 1. The van der Waals surface area contributed by atoms with Gasteiger partial charge in [-0.05, 0) is 31.0 Å². The van der Waals surface area contributed by atoms with E-state index in [1.165, 1.54) is 0 Å². The summed E-state index contributed by atoms with van der Waals surface area (Å²) >= 11 is 0. The summed E-state index contributed by atoms with van der Waals surface area (Å²) in [6.45, 7) is 2.58. The summed E-state index contributed by atoms with van der Waals surface area (Å²) in [5.74, 6) is 0.101. The van der Waals surface area contributed by atoms with Gasteiger partial charge in [0.15, 0.2) is 0 Å². The quantitative estimate of drug-likeness (QED) is 0.741. The molecule has 1 atom stereocenters. The molecule has 27 heavy (non-hydrogen) atoms. The number of rotatable bonds is 5. The second kappa shape index (κ2) is 8.03. The normalized spacial score (nSPS) is 16.9. The maximum Gasteiger partial charge on any atom is 0.251 e. The Hall–Kier alpha value is -3.16. The Morgan fingerprint density at radius 2 is 2.19 bits per heavy atom. The van der Waals surface area contributed by atoms with Gasteiger partial charge in [-0.2, -0.15) is 0 Å². The molecule has 8 heteroatoms. The van der Waals surface area contributed by atoms with Gasteiger partial charge in [0.2, 0.25) is 11.8 Å². The van der Waals surface area contributed by atoms with Crippen LogP contribution in [0.4, 0.5) is 5.69 Å². The fourth-order valence-electron chi connectivity index (χ4n) is 3.02. The number of anilines is 1. The van der Waals surface area contributed by atoms with E-state index in [1.807, 2.05) is 6.92 Å². The van der Waals surface area contributed by atoms with E-state index in [2.05, 4.69) is 20.6 Å². The van der Waals surface area contributed by atoms with E-state index in [0.29, 0.717) is 43.0 Å². The number of piperidine rings is 1. The van der Waals surface area contributed by atoms with Gasteiger partial charge in [0, 0.05) is 43.7 Å². The van der Waals surface area contributed by atoms with Gasteiger partial charge in [0.05, 0.1) is 12.5 Å². The fourth-order valence-corrected chi connectivity index (χ4v) is 3.02. The highest BCUT2D eigenvalue weighted by molar-refractivity contribution is 5.98. The molecule has 142 valence electrons. The molecule has 2 aromatic rings. The Morgan fingerprint density at radius 1 is 1.37 bits per heavy atom. The molecule has 3 rings (SSSR count). The molecule has 1 aromatic carbocycles. The van der Waals surface area contributed by atoms with Crippen LogP contribution < -0.4 is 10.6 Å². The second-order valence-corrected chi connectivity index (χ2v) is 6.75. The number of nitrogens with one attached hydrogen (secondary N) is 3. The Labute approximate surface area is 157 Å². The van der Waals surface area contributed by atoms with E-state index in [-0.39, 0.29) is 23.6 Å². The van der Waals surface area contributed by atoms with E-state index in [0.717, 1.165) is 5.56 Å². The molecule has 1 aromatic heterocycles. The molecule has 3 amide bonds. The van der Waals surface area contributed by atoms with Crippen molar-refractivity contribution in [2.75, 3.05) is 18.9 Å². The smallest absolute Gasteiger partial charge is 0.251 e. The van der Waals surface area contributed by atoms with E-state index in [4.69, 9.17) is 0 Å². The lowest BCUT2D eigenvalue weighted by Crippen LogP contribution is -2.41. The average molecular weight is 369 g/mol. The molecule has 1 aliphatic heterocycles. The molecule has 0 spiro atoms. The third kappa shape index (κ3) is 4.52. The van der Waals surface area contributed by atoms with E-state index in [9.17, 15) is 14.4 Å². The molecule has 1 saturated heterocycles. The van der Waals surface area contributed by atoms with Gasteiger partial charge in [-0.25, -0.2) is 4.98 Å². The first-order chi connectivity index (χ1) is 12.9. The zero-order valence-electron chi connectivity index (χ0n) is 15.4. The maximum absolute atomic E-state index is 12.6. The molecule has 0 radical (unpaired) electrons. The number of nitrogens with zero attached hydrogens (tertiary/aromatic N) is 2. The zero-order valence-corrected chi connectivity index (χ0v) is 15.4. The monoisotopic (exact) mass is 369 g/mol. The first-order valence-electron chi connectivity index (χ1n) is 8.86. The van der Waals surface area contributed by atoms with Crippen molar-refractivity contribution < 1.29 is 14.4 Å². The fraction of sp³-hybridized carbons (Fsp3) is 0.368. The molecular formula is C19H23N5O3. The summed E-state index contributed by atoms with van der Waals surface area (Å²) in [4.78, 5) is 45.1. The van der Waals surface area contributed by atoms with Gasteiger partial charge in [-0.1, -0.05) is 6.07 Å². The first kappa shape index (κ1) is 18.6. The van der Waals surface area contributed by atoms with Crippen molar-refractivity contribution in [3.05, 3.63) is 47.5 Å². The molecule has 3 N–H and O–H groups in total. The van der Waals surface area contributed by atoms with Gasteiger partial charge in [-0.3, -0.25) is 14.4 Å². The highest BCUT2D eigenvalue weighted by Crippen LogP contribution is 2.21. The number of aryl methyl sites for hydroxylation is 1. The van der Waals surface area contributed by atoms with Crippen LogP contribution >= 0.6 is 0 Å². The van der Waals surface area contributed by atoms with Crippen molar-refractivity contribution in [2.45, 2.75) is 26.3 Å². The van der Waals surface area contributed by atoms with Crippen molar-refractivity contribution in [3.63, 3.8) is 0 Å². The largest absolute Gasteiger partial charge is 0.347 e. The van der Waals surface area contributed by atoms with Gasteiger partial charge < -0.3 is 20.5 Å². The minimum atomic E-state index is -0.247. The number of carbonyl (C=O) groups is 3. The number of carbonyl (C=O) groups excluding carboxylic acids is 3. The second-order valence-electron chi connectivity index (χ2n) is 6.75. The van der Waals surface area contributed by atoms with Gasteiger partial charge in [-0.15, -0.1) is 0 Å². The van der Waals surface area contributed by atoms with E-state index < -0.39 is 0 Å². The Kier molecular flexibility index (Phi) is 5.54. The van der Waals surface area contributed by atoms with Crippen molar-refractivity contribution in [2.24, 2.45) is 5.92 Å². The highest BCUT2D eigenvalue weighted by atomic mass is 16.2. The molecule has 2 heterocycles. The number of hydrogen-bond donors (Lipinski definition) is 3. The highest BCUT2D eigenvalue weighted by Gasteiger charge is 2.28. The summed E-state index contributed by atoms with van der Waals surface area (Å²) < 4.78 is 0. The number of hydrogen-bond acceptors (Lipinski definition) is 4. The number of aromatic nitrogens is 2. The Morgan fingerprint density at radius 3 is 2.89 bits per heavy atom. The van der Waals surface area contributed by atoms with Crippen LogP contribution in [0.15, 0.2) is 30.6 Å². The lowest BCUT2D eigenvalue weighted by Gasteiger charge is -2.28. The van der Waals surface area contributed by atoms with Crippen LogP contribution in [0.1, 0.15) is 34.6 Å². The maximum atomic E-state index is 12.6. The van der Waals surface area contributed by atoms with Gasteiger partial charge in [0.1, 0.15) is 5.82 Å².